The maximum Gasteiger partial charge on any atom is 0.316 e. The van der Waals surface area contributed by atoms with Crippen LogP contribution in [0.4, 0.5) is 0 Å². The lowest BCUT2D eigenvalue weighted by Crippen LogP contribution is -2.44. The van der Waals surface area contributed by atoms with Crippen molar-refractivity contribution in [1.29, 1.82) is 0 Å². The molecule has 2 atom stereocenters. The molecule has 18 heavy (non-hydrogen) atoms. The molecule has 0 spiro atoms. The van der Waals surface area contributed by atoms with Crippen LogP contribution in [-0.2, 0) is 9.53 Å². The smallest absolute Gasteiger partial charge is 0.316 e. The quantitative estimate of drug-likeness (QED) is 0.605. The number of ether oxygens (including phenoxy) is 1. The summed E-state index contributed by atoms with van der Waals surface area (Å²) in [5.41, 5.74) is -0.699. The molecule has 1 N–H and O–H groups in total. The maximum atomic E-state index is 12.4. The van der Waals surface area contributed by atoms with Crippen molar-refractivity contribution in [2.24, 2.45) is 5.41 Å². The monoisotopic (exact) mass is 250 g/mol. The van der Waals surface area contributed by atoms with Crippen LogP contribution in [0.3, 0.4) is 0 Å². The van der Waals surface area contributed by atoms with Gasteiger partial charge in [-0.15, -0.1) is 0 Å². The molecule has 0 aliphatic heterocycles. The molecule has 0 radical (unpaired) electrons. The second-order valence-corrected chi connectivity index (χ2v) is 5.47. The predicted molar refractivity (Wildman–Crippen MR) is 70.0 cm³/mol. The van der Waals surface area contributed by atoms with Crippen molar-refractivity contribution in [2.45, 2.75) is 51.6 Å². The third-order valence-electron chi connectivity index (χ3n) is 4.07. The van der Waals surface area contributed by atoms with Crippen LogP contribution >= 0.6 is 0 Å². The van der Waals surface area contributed by atoms with Gasteiger partial charge in [0.1, 0.15) is 0 Å². The summed E-state index contributed by atoms with van der Waals surface area (Å²) in [5.74, 6) is -0.178. The molecule has 0 fully saturated rings. The molecule has 0 bridgehead atoms. The van der Waals surface area contributed by atoms with Crippen LogP contribution in [0.1, 0.15) is 46.0 Å². The minimum Gasteiger partial charge on any atom is -0.465 e. The molecule has 2 aliphatic rings. The molecular formula is C15H22O3. The van der Waals surface area contributed by atoms with Crippen LogP contribution in [-0.4, -0.2) is 23.3 Å². The fourth-order valence-corrected chi connectivity index (χ4v) is 3.20. The van der Waals surface area contributed by atoms with Gasteiger partial charge in [-0.25, -0.2) is 0 Å². The van der Waals surface area contributed by atoms with Gasteiger partial charge in [-0.2, -0.15) is 0 Å². The van der Waals surface area contributed by atoms with E-state index in [0.29, 0.717) is 19.4 Å². The largest absolute Gasteiger partial charge is 0.465 e. The first kappa shape index (κ1) is 13.3. The van der Waals surface area contributed by atoms with E-state index in [1.54, 1.807) is 6.92 Å². The molecule has 0 aromatic carbocycles. The van der Waals surface area contributed by atoms with E-state index in [9.17, 15) is 9.90 Å². The van der Waals surface area contributed by atoms with Crippen molar-refractivity contribution in [3.63, 3.8) is 0 Å². The summed E-state index contributed by atoms with van der Waals surface area (Å²) in [4.78, 5) is 12.4. The molecular weight excluding hydrogens is 228 g/mol. The maximum absolute atomic E-state index is 12.4. The van der Waals surface area contributed by atoms with E-state index in [4.69, 9.17) is 4.74 Å². The zero-order chi connectivity index (χ0) is 13.2. The highest BCUT2D eigenvalue weighted by Crippen LogP contribution is 2.49. The lowest BCUT2D eigenvalue weighted by molar-refractivity contribution is -0.155. The summed E-state index contributed by atoms with van der Waals surface area (Å²) in [6, 6.07) is 0. The minimum atomic E-state index is -0.930. The summed E-state index contributed by atoms with van der Waals surface area (Å²) in [7, 11) is 0. The lowest BCUT2D eigenvalue weighted by Gasteiger charge is -2.41. The van der Waals surface area contributed by atoms with Crippen LogP contribution in [0.15, 0.2) is 23.8 Å². The number of carbonyl (C=O) groups excluding carboxylic acids is 1. The van der Waals surface area contributed by atoms with Crippen molar-refractivity contribution in [3.05, 3.63) is 23.8 Å². The van der Waals surface area contributed by atoms with Crippen LogP contribution in [0.2, 0.25) is 0 Å². The number of rotatable bonds is 2. The zero-order valence-corrected chi connectivity index (χ0v) is 11.2. The highest BCUT2D eigenvalue weighted by Gasteiger charge is 2.50. The van der Waals surface area contributed by atoms with Gasteiger partial charge in [-0.1, -0.05) is 18.2 Å². The molecule has 0 saturated carbocycles. The number of fused-ring (bicyclic) bond motifs is 1. The number of hydrogen-bond acceptors (Lipinski definition) is 3. The van der Waals surface area contributed by atoms with Crippen molar-refractivity contribution in [1.82, 2.24) is 0 Å². The van der Waals surface area contributed by atoms with Crippen molar-refractivity contribution in [3.8, 4) is 0 Å². The van der Waals surface area contributed by atoms with Crippen molar-refractivity contribution in [2.75, 3.05) is 6.61 Å². The Balaban J connectivity index is 2.45. The minimum absolute atomic E-state index is 0.178. The molecule has 0 saturated heterocycles. The molecule has 3 heteroatoms. The first-order valence-corrected chi connectivity index (χ1v) is 6.79. The van der Waals surface area contributed by atoms with Crippen LogP contribution < -0.4 is 0 Å². The Kier molecular flexibility index (Phi) is 3.62. The number of aliphatic hydroxyl groups is 1. The Bertz CT molecular complexity index is 393. The van der Waals surface area contributed by atoms with Crippen LogP contribution in [0.25, 0.3) is 0 Å². The number of hydrogen-bond donors (Lipinski definition) is 1. The van der Waals surface area contributed by atoms with Gasteiger partial charge in [0.2, 0.25) is 0 Å². The first-order chi connectivity index (χ1) is 8.53. The molecule has 0 aromatic heterocycles. The number of allylic oxidation sites excluding steroid dienone is 2. The Morgan fingerprint density at radius 3 is 2.89 bits per heavy atom. The van der Waals surface area contributed by atoms with Gasteiger partial charge in [-0.3, -0.25) is 4.79 Å². The highest BCUT2D eigenvalue weighted by molar-refractivity contribution is 5.82. The van der Waals surface area contributed by atoms with Crippen molar-refractivity contribution >= 4 is 5.97 Å². The predicted octanol–water partition coefficient (Wildman–Crippen LogP) is 2.75. The van der Waals surface area contributed by atoms with Gasteiger partial charge < -0.3 is 9.84 Å². The molecule has 3 nitrogen and oxygen atoms in total. The van der Waals surface area contributed by atoms with E-state index in [1.165, 1.54) is 0 Å². The second-order valence-electron chi connectivity index (χ2n) is 5.47. The summed E-state index contributed by atoms with van der Waals surface area (Å²) >= 11 is 0. The summed E-state index contributed by atoms with van der Waals surface area (Å²) < 4.78 is 5.27. The third kappa shape index (κ3) is 2.12. The Morgan fingerprint density at radius 2 is 2.17 bits per heavy atom. The van der Waals surface area contributed by atoms with Crippen molar-refractivity contribution < 1.29 is 14.6 Å². The Hall–Kier alpha value is -1.09. The Morgan fingerprint density at radius 1 is 1.44 bits per heavy atom. The van der Waals surface area contributed by atoms with E-state index in [2.05, 4.69) is 0 Å². The number of carbonyl (C=O) groups is 1. The molecule has 0 aromatic rings. The fourth-order valence-electron chi connectivity index (χ4n) is 3.20. The van der Waals surface area contributed by atoms with E-state index >= 15 is 0 Å². The lowest BCUT2D eigenvalue weighted by atomic mass is 9.65. The Labute approximate surface area is 109 Å². The second kappa shape index (κ2) is 4.88. The van der Waals surface area contributed by atoms with E-state index < -0.39 is 11.0 Å². The standard InChI is InChI=1S/C15H22O3/c1-3-18-13(16)15-10-5-4-8-12(15)14(2,17)9-6-7-11-15/h6-8,17H,3-5,9-11H2,1-2H3. The normalized spacial score (nSPS) is 35.4. The molecule has 2 aliphatic carbocycles. The SMILES string of the molecule is CCOC(=O)C12CC=CCC(C)(O)C1=CCCC2. The van der Waals surface area contributed by atoms with Gasteiger partial charge >= 0.3 is 5.97 Å². The van der Waals surface area contributed by atoms with E-state index in [0.717, 1.165) is 24.8 Å². The first-order valence-electron chi connectivity index (χ1n) is 6.79. The molecule has 0 heterocycles. The third-order valence-corrected chi connectivity index (χ3v) is 4.07. The van der Waals surface area contributed by atoms with Crippen LogP contribution in [0.5, 0.6) is 0 Å². The van der Waals surface area contributed by atoms with Gasteiger partial charge in [0.25, 0.3) is 0 Å². The average molecular weight is 250 g/mol. The summed E-state index contributed by atoms with van der Waals surface area (Å²) in [5, 5.41) is 10.6. The zero-order valence-electron chi connectivity index (χ0n) is 11.2. The molecule has 2 unspecified atom stereocenters. The topological polar surface area (TPSA) is 46.5 Å². The molecule has 0 amide bonds. The van der Waals surface area contributed by atoms with Gasteiger partial charge in [0, 0.05) is 0 Å². The highest BCUT2D eigenvalue weighted by atomic mass is 16.5. The average Bonchev–Trinajstić information content (AvgIpc) is 2.48. The van der Waals surface area contributed by atoms with Crippen LogP contribution in [0, 0.1) is 5.41 Å². The summed E-state index contributed by atoms with van der Waals surface area (Å²) in [6.45, 7) is 4.01. The van der Waals surface area contributed by atoms with Gasteiger partial charge in [-0.05, 0) is 51.5 Å². The summed E-state index contributed by atoms with van der Waals surface area (Å²) in [6.07, 6.45) is 9.94. The fraction of sp³-hybridized carbons (Fsp3) is 0.667. The van der Waals surface area contributed by atoms with E-state index in [1.807, 2.05) is 25.2 Å². The molecule has 2 rings (SSSR count). The van der Waals surface area contributed by atoms with Gasteiger partial charge in [0.15, 0.2) is 0 Å². The van der Waals surface area contributed by atoms with Gasteiger partial charge in [0.05, 0.1) is 17.6 Å². The van der Waals surface area contributed by atoms with E-state index in [-0.39, 0.29) is 5.97 Å². The molecule has 100 valence electrons. The number of esters is 1.